The Kier molecular flexibility index (Phi) is 4.79. The number of aromatic nitrogens is 2. The third-order valence-corrected chi connectivity index (χ3v) is 6.05. The fourth-order valence-electron chi connectivity index (χ4n) is 3.75. The van der Waals surface area contributed by atoms with E-state index in [2.05, 4.69) is 10.4 Å². The normalized spacial score (nSPS) is 17.5. The van der Waals surface area contributed by atoms with E-state index in [1.165, 1.54) is 31.4 Å². The van der Waals surface area contributed by atoms with E-state index < -0.39 is 0 Å². The molecule has 0 spiro atoms. The van der Waals surface area contributed by atoms with Gasteiger partial charge in [-0.2, -0.15) is 16.9 Å². The van der Waals surface area contributed by atoms with Gasteiger partial charge < -0.3 is 5.32 Å². The van der Waals surface area contributed by atoms with E-state index in [-0.39, 0.29) is 11.7 Å². The molecule has 4 nitrogen and oxygen atoms in total. The van der Waals surface area contributed by atoms with Gasteiger partial charge in [0.2, 0.25) is 5.91 Å². The highest BCUT2D eigenvalue weighted by atomic mass is 32.2. The van der Waals surface area contributed by atoms with E-state index >= 15 is 0 Å². The number of halogens is 1. The number of hydrogen-bond acceptors (Lipinski definition) is 3. The van der Waals surface area contributed by atoms with Crippen molar-refractivity contribution < 1.29 is 9.18 Å². The molecule has 0 atom stereocenters. The SMILES string of the molecule is O=C(CC1CCCCC1)Nc1c2c(nn1-c1ccc(F)cc1)CSC2. The van der Waals surface area contributed by atoms with Crippen molar-refractivity contribution in [3.8, 4) is 5.69 Å². The Balaban J connectivity index is 1.57. The first-order chi connectivity index (χ1) is 12.2. The Morgan fingerprint density at radius 2 is 1.96 bits per heavy atom. The van der Waals surface area contributed by atoms with Gasteiger partial charge in [0.1, 0.15) is 11.6 Å². The van der Waals surface area contributed by atoms with Gasteiger partial charge in [0.25, 0.3) is 0 Å². The summed E-state index contributed by atoms with van der Waals surface area (Å²) in [6.07, 6.45) is 6.64. The fraction of sp³-hybridized carbons (Fsp3) is 0.474. The van der Waals surface area contributed by atoms with Gasteiger partial charge in [-0.1, -0.05) is 19.3 Å². The van der Waals surface area contributed by atoms with Crippen LogP contribution in [0.1, 0.15) is 49.8 Å². The van der Waals surface area contributed by atoms with Crippen molar-refractivity contribution in [3.63, 3.8) is 0 Å². The molecule has 25 heavy (non-hydrogen) atoms. The van der Waals surface area contributed by atoms with Gasteiger partial charge >= 0.3 is 0 Å². The van der Waals surface area contributed by atoms with E-state index in [0.717, 1.165) is 47.1 Å². The molecule has 1 fully saturated rings. The Hall–Kier alpha value is -1.82. The number of fused-ring (bicyclic) bond motifs is 1. The van der Waals surface area contributed by atoms with Gasteiger partial charge in [0, 0.05) is 23.5 Å². The van der Waals surface area contributed by atoms with Crippen LogP contribution in [0.25, 0.3) is 5.69 Å². The predicted molar refractivity (Wildman–Crippen MR) is 98.3 cm³/mol. The number of benzene rings is 1. The molecule has 0 bridgehead atoms. The van der Waals surface area contributed by atoms with E-state index in [4.69, 9.17) is 0 Å². The van der Waals surface area contributed by atoms with Gasteiger partial charge in [-0.3, -0.25) is 4.79 Å². The molecule has 132 valence electrons. The molecule has 1 aliphatic heterocycles. The standard InChI is InChI=1S/C19H22FN3OS/c20-14-6-8-15(9-7-14)23-19(16-11-25-12-17(16)22-23)21-18(24)10-13-4-2-1-3-5-13/h6-9,13H,1-5,10-12H2,(H,21,24). The molecule has 2 heterocycles. The van der Waals surface area contributed by atoms with Crippen molar-refractivity contribution in [1.29, 1.82) is 0 Å². The van der Waals surface area contributed by atoms with Gasteiger partial charge in [-0.25, -0.2) is 9.07 Å². The predicted octanol–water partition coefficient (Wildman–Crippen LogP) is 4.67. The van der Waals surface area contributed by atoms with Crippen molar-refractivity contribution in [3.05, 3.63) is 41.3 Å². The zero-order chi connectivity index (χ0) is 17.2. The second-order valence-electron chi connectivity index (χ2n) is 6.91. The van der Waals surface area contributed by atoms with E-state index in [0.29, 0.717) is 12.3 Å². The van der Waals surface area contributed by atoms with E-state index in [1.807, 2.05) is 0 Å². The van der Waals surface area contributed by atoms with Gasteiger partial charge in [0.15, 0.2) is 0 Å². The summed E-state index contributed by atoms with van der Waals surface area (Å²) >= 11 is 1.81. The van der Waals surface area contributed by atoms with Crippen molar-refractivity contribution in [2.75, 3.05) is 5.32 Å². The van der Waals surface area contributed by atoms with Crippen LogP contribution < -0.4 is 5.32 Å². The summed E-state index contributed by atoms with van der Waals surface area (Å²) in [7, 11) is 0. The molecule has 1 N–H and O–H groups in total. The Labute approximate surface area is 151 Å². The van der Waals surface area contributed by atoms with Gasteiger partial charge in [0.05, 0.1) is 11.4 Å². The van der Waals surface area contributed by atoms with Crippen LogP contribution in [-0.2, 0) is 16.3 Å². The summed E-state index contributed by atoms with van der Waals surface area (Å²) in [6, 6.07) is 6.23. The molecule has 1 aromatic carbocycles. The number of carbonyl (C=O) groups excluding carboxylic acids is 1. The number of amides is 1. The number of hydrogen-bond donors (Lipinski definition) is 1. The van der Waals surface area contributed by atoms with E-state index in [9.17, 15) is 9.18 Å². The summed E-state index contributed by atoms with van der Waals surface area (Å²) in [5.74, 6) is 2.76. The summed E-state index contributed by atoms with van der Waals surface area (Å²) in [6.45, 7) is 0. The molecule has 2 aromatic rings. The van der Waals surface area contributed by atoms with Crippen LogP contribution in [-0.4, -0.2) is 15.7 Å². The van der Waals surface area contributed by atoms with Crippen LogP contribution in [0.15, 0.2) is 24.3 Å². The number of nitrogens with one attached hydrogen (secondary N) is 1. The molecule has 0 unspecified atom stereocenters. The average Bonchev–Trinajstić information content (AvgIpc) is 3.19. The third-order valence-electron chi connectivity index (χ3n) is 5.08. The zero-order valence-electron chi connectivity index (χ0n) is 14.1. The lowest BCUT2D eigenvalue weighted by molar-refractivity contribution is -0.117. The van der Waals surface area contributed by atoms with Crippen LogP contribution in [0.4, 0.5) is 10.2 Å². The summed E-state index contributed by atoms with van der Waals surface area (Å²) in [4.78, 5) is 12.6. The topological polar surface area (TPSA) is 46.9 Å². The molecule has 1 aliphatic carbocycles. The lowest BCUT2D eigenvalue weighted by Gasteiger charge is -2.21. The molecular formula is C19H22FN3OS. The number of nitrogens with zero attached hydrogens (tertiary/aromatic N) is 2. The first-order valence-electron chi connectivity index (χ1n) is 8.95. The van der Waals surface area contributed by atoms with Crippen LogP contribution >= 0.6 is 11.8 Å². The summed E-state index contributed by atoms with van der Waals surface area (Å²) in [5.41, 5.74) is 2.89. The average molecular weight is 359 g/mol. The van der Waals surface area contributed by atoms with Crippen molar-refractivity contribution in [1.82, 2.24) is 9.78 Å². The highest BCUT2D eigenvalue weighted by Gasteiger charge is 2.25. The summed E-state index contributed by atoms with van der Waals surface area (Å²) in [5, 5.41) is 7.75. The lowest BCUT2D eigenvalue weighted by Crippen LogP contribution is -2.20. The lowest BCUT2D eigenvalue weighted by atomic mass is 9.87. The van der Waals surface area contributed by atoms with Crippen LogP contribution in [0.5, 0.6) is 0 Å². The summed E-state index contributed by atoms with van der Waals surface area (Å²) < 4.78 is 15.0. The van der Waals surface area contributed by atoms with Crippen LogP contribution in [0, 0.1) is 11.7 Å². The Morgan fingerprint density at radius 3 is 2.72 bits per heavy atom. The highest BCUT2D eigenvalue weighted by Crippen LogP contribution is 2.36. The van der Waals surface area contributed by atoms with E-state index in [1.54, 1.807) is 28.6 Å². The molecule has 1 amide bonds. The molecule has 0 saturated heterocycles. The highest BCUT2D eigenvalue weighted by molar-refractivity contribution is 7.98. The maximum absolute atomic E-state index is 13.2. The third kappa shape index (κ3) is 3.59. The number of carbonyl (C=O) groups is 1. The molecule has 0 radical (unpaired) electrons. The second-order valence-corrected chi connectivity index (χ2v) is 7.90. The molecule has 4 rings (SSSR count). The van der Waals surface area contributed by atoms with Crippen molar-refractivity contribution >= 4 is 23.5 Å². The monoisotopic (exact) mass is 359 g/mol. The smallest absolute Gasteiger partial charge is 0.225 e. The minimum atomic E-state index is -0.276. The quantitative estimate of drug-likeness (QED) is 0.863. The maximum atomic E-state index is 13.2. The number of rotatable bonds is 4. The number of anilines is 1. The fourth-order valence-corrected chi connectivity index (χ4v) is 4.78. The molecule has 1 saturated carbocycles. The molecule has 6 heteroatoms. The van der Waals surface area contributed by atoms with Gasteiger partial charge in [-0.15, -0.1) is 0 Å². The Bertz CT molecular complexity index is 766. The minimum absolute atomic E-state index is 0.0647. The van der Waals surface area contributed by atoms with Crippen LogP contribution in [0.3, 0.4) is 0 Å². The second kappa shape index (κ2) is 7.20. The zero-order valence-corrected chi connectivity index (χ0v) is 14.9. The van der Waals surface area contributed by atoms with Crippen LogP contribution in [0.2, 0.25) is 0 Å². The number of thioether (sulfide) groups is 1. The molecule has 1 aromatic heterocycles. The Morgan fingerprint density at radius 1 is 1.20 bits per heavy atom. The van der Waals surface area contributed by atoms with Crippen molar-refractivity contribution in [2.24, 2.45) is 5.92 Å². The minimum Gasteiger partial charge on any atom is -0.310 e. The van der Waals surface area contributed by atoms with Gasteiger partial charge in [-0.05, 0) is 43.0 Å². The molecular weight excluding hydrogens is 337 g/mol. The first kappa shape index (κ1) is 16.6. The first-order valence-corrected chi connectivity index (χ1v) is 10.1. The molecule has 2 aliphatic rings. The largest absolute Gasteiger partial charge is 0.310 e. The van der Waals surface area contributed by atoms with Crippen molar-refractivity contribution in [2.45, 2.75) is 50.0 Å². The maximum Gasteiger partial charge on any atom is 0.225 e.